The molecule has 0 saturated heterocycles. The number of rotatable bonds is 4. The molecule has 148 valence electrons. The van der Waals surface area contributed by atoms with E-state index >= 15 is 0 Å². The topological polar surface area (TPSA) is 92.2 Å². The Bertz CT molecular complexity index is 870. The number of hydrogen-bond acceptors (Lipinski definition) is 6. The van der Waals surface area contributed by atoms with Crippen molar-refractivity contribution in [2.75, 3.05) is 0 Å². The maximum Gasteiger partial charge on any atom is 0.257 e. The van der Waals surface area contributed by atoms with Gasteiger partial charge in [-0.1, -0.05) is 18.0 Å². The molecule has 2 aliphatic rings. The van der Waals surface area contributed by atoms with Crippen LogP contribution in [0.3, 0.4) is 0 Å². The summed E-state index contributed by atoms with van der Waals surface area (Å²) in [4.78, 5) is 4.68. The zero-order chi connectivity index (χ0) is 19.7. The van der Waals surface area contributed by atoms with E-state index in [1.165, 1.54) is 0 Å². The van der Waals surface area contributed by atoms with Gasteiger partial charge in [0.25, 0.3) is 5.89 Å². The smallest absolute Gasteiger partial charge is 0.257 e. The van der Waals surface area contributed by atoms with E-state index in [4.69, 9.17) is 9.26 Å². The molecule has 4 rings (SSSR count). The van der Waals surface area contributed by atoms with Crippen LogP contribution in [-0.2, 0) is 0 Å². The molecule has 0 radical (unpaired) electrons. The lowest BCUT2D eigenvalue weighted by atomic mass is 9.64. The maximum absolute atomic E-state index is 10.4. The van der Waals surface area contributed by atoms with Crippen LogP contribution in [0.4, 0.5) is 0 Å². The highest BCUT2D eigenvalue weighted by atomic mass is 16.5. The lowest BCUT2D eigenvalue weighted by molar-refractivity contribution is -0.000684. The lowest BCUT2D eigenvalue weighted by Crippen LogP contribution is -2.38. The minimum absolute atomic E-state index is 0.00181. The van der Waals surface area contributed by atoms with Gasteiger partial charge in [-0.3, -0.25) is 0 Å². The normalized spacial score (nSPS) is 27.2. The Morgan fingerprint density at radius 3 is 2.75 bits per heavy atom. The zero-order valence-corrected chi connectivity index (χ0v) is 16.5. The number of fused-ring (bicyclic) bond motifs is 1. The zero-order valence-electron chi connectivity index (χ0n) is 16.5. The van der Waals surface area contributed by atoms with Crippen LogP contribution in [0, 0.1) is 23.2 Å². The van der Waals surface area contributed by atoms with Crippen molar-refractivity contribution in [3.63, 3.8) is 0 Å². The second kappa shape index (κ2) is 7.92. The first kappa shape index (κ1) is 18.9. The summed E-state index contributed by atoms with van der Waals surface area (Å²) in [5.74, 6) is 2.75. The summed E-state index contributed by atoms with van der Waals surface area (Å²) in [5, 5.41) is 24.1. The molecule has 0 aliphatic heterocycles. The molecule has 0 bridgehead atoms. The van der Waals surface area contributed by atoms with Gasteiger partial charge in [0.05, 0.1) is 17.8 Å². The molecule has 1 heterocycles. The van der Waals surface area contributed by atoms with Crippen molar-refractivity contribution in [1.29, 1.82) is 5.26 Å². The molecule has 6 nitrogen and oxygen atoms in total. The van der Waals surface area contributed by atoms with E-state index in [2.05, 4.69) is 16.2 Å². The molecule has 4 atom stereocenters. The van der Waals surface area contributed by atoms with Crippen molar-refractivity contribution in [2.45, 2.75) is 70.5 Å². The van der Waals surface area contributed by atoms with E-state index < -0.39 is 0 Å². The summed E-state index contributed by atoms with van der Waals surface area (Å²) < 4.78 is 11.2. The molecule has 6 heteroatoms. The fourth-order valence-corrected chi connectivity index (χ4v) is 4.90. The molecule has 1 aromatic heterocycles. The molecule has 2 aromatic rings. The third kappa shape index (κ3) is 3.64. The van der Waals surface area contributed by atoms with E-state index in [1.807, 2.05) is 19.9 Å². The van der Waals surface area contributed by atoms with Crippen molar-refractivity contribution < 1.29 is 14.4 Å². The van der Waals surface area contributed by atoms with Crippen LogP contribution < -0.4 is 4.74 Å². The highest BCUT2D eigenvalue weighted by Gasteiger charge is 2.41. The van der Waals surface area contributed by atoms with Crippen LogP contribution in [0.1, 0.15) is 69.7 Å². The van der Waals surface area contributed by atoms with Gasteiger partial charge in [0, 0.05) is 11.5 Å². The average Bonchev–Trinajstić information content (AvgIpc) is 3.18. The number of aliphatic hydroxyl groups excluding tert-OH is 1. The Balaban J connectivity index is 1.58. The SMILES string of the molecule is CC(C)Oc1ccc(-c2nc([C@@H]3CCC[C@@H]4[C@@H]3CCC[C@H]4O)no2)cc1C#N. The third-order valence-corrected chi connectivity index (χ3v) is 6.13. The van der Waals surface area contributed by atoms with Crippen molar-refractivity contribution in [3.05, 3.63) is 29.6 Å². The first-order valence-electron chi connectivity index (χ1n) is 10.3. The van der Waals surface area contributed by atoms with Crippen LogP contribution in [0.5, 0.6) is 5.75 Å². The van der Waals surface area contributed by atoms with Crippen LogP contribution in [-0.4, -0.2) is 27.5 Å². The Labute approximate surface area is 165 Å². The van der Waals surface area contributed by atoms with Crippen molar-refractivity contribution in [1.82, 2.24) is 10.1 Å². The quantitative estimate of drug-likeness (QED) is 0.842. The summed E-state index contributed by atoms with van der Waals surface area (Å²) in [6, 6.07) is 7.55. The lowest BCUT2D eigenvalue weighted by Gasteiger charge is -2.42. The number of benzene rings is 1. The van der Waals surface area contributed by atoms with Gasteiger partial charge in [0.1, 0.15) is 11.8 Å². The number of aromatic nitrogens is 2. The molecule has 0 unspecified atom stereocenters. The Hall–Kier alpha value is -2.39. The average molecular weight is 381 g/mol. The van der Waals surface area contributed by atoms with Gasteiger partial charge < -0.3 is 14.4 Å². The fraction of sp³-hybridized carbons (Fsp3) is 0.591. The minimum atomic E-state index is -0.195. The largest absolute Gasteiger partial charge is 0.490 e. The predicted octanol–water partition coefficient (Wildman–Crippen LogP) is 4.44. The van der Waals surface area contributed by atoms with Crippen LogP contribution in [0.15, 0.2) is 22.7 Å². The molecular formula is C22H27N3O3. The Morgan fingerprint density at radius 2 is 1.96 bits per heavy atom. The second-order valence-electron chi connectivity index (χ2n) is 8.31. The summed E-state index contributed by atoms with van der Waals surface area (Å²) in [7, 11) is 0. The minimum Gasteiger partial charge on any atom is -0.490 e. The van der Waals surface area contributed by atoms with E-state index in [-0.39, 0.29) is 18.1 Å². The molecule has 2 fully saturated rings. The molecule has 1 aromatic carbocycles. The van der Waals surface area contributed by atoms with Crippen LogP contribution in [0.2, 0.25) is 0 Å². The summed E-state index contributed by atoms with van der Waals surface area (Å²) in [6.07, 6.45) is 6.12. The van der Waals surface area contributed by atoms with E-state index in [9.17, 15) is 10.4 Å². The van der Waals surface area contributed by atoms with Gasteiger partial charge in [-0.2, -0.15) is 10.2 Å². The number of hydrogen-bond donors (Lipinski definition) is 1. The van der Waals surface area contributed by atoms with Gasteiger partial charge in [-0.05, 0) is 69.6 Å². The molecule has 0 spiro atoms. The monoisotopic (exact) mass is 381 g/mol. The number of ether oxygens (including phenoxy) is 1. The molecule has 28 heavy (non-hydrogen) atoms. The first-order valence-corrected chi connectivity index (χ1v) is 10.3. The fourth-order valence-electron chi connectivity index (χ4n) is 4.90. The summed E-state index contributed by atoms with van der Waals surface area (Å²) in [6.45, 7) is 3.86. The highest BCUT2D eigenvalue weighted by Crippen LogP contribution is 2.47. The number of nitriles is 1. The van der Waals surface area contributed by atoms with Crippen LogP contribution in [0.25, 0.3) is 11.5 Å². The number of nitrogens with zero attached hydrogens (tertiary/aromatic N) is 3. The summed E-state index contributed by atoms with van der Waals surface area (Å²) in [5.41, 5.74) is 1.18. The predicted molar refractivity (Wildman–Crippen MR) is 104 cm³/mol. The van der Waals surface area contributed by atoms with Crippen molar-refractivity contribution >= 4 is 0 Å². The maximum atomic E-state index is 10.4. The van der Waals surface area contributed by atoms with Gasteiger partial charge in [-0.25, -0.2) is 0 Å². The van der Waals surface area contributed by atoms with Crippen molar-refractivity contribution in [2.24, 2.45) is 11.8 Å². The molecule has 2 saturated carbocycles. The van der Waals surface area contributed by atoms with Gasteiger partial charge >= 0.3 is 0 Å². The van der Waals surface area contributed by atoms with Gasteiger partial charge in [0.15, 0.2) is 5.82 Å². The molecule has 2 aliphatic carbocycles. The third-order valence-electron chi connectivity index (χ3n) is 6.13. The second-order valence-corrected chi connectivity index (χ2v) is 8.31. The van der Waals surface area contributed by atoms with Gasteiger partial charge in [0.2, 0.25) is 0 Å². The van der Waals surface area contributed by atoms with Gasteiger partial charge in [-0.15, -0.1) is 0 Å². The highest BCUT2D eigenvalue weighted by molar-refractivity contribution is 5.60. The summed E-state index contributed by atoms with van der Waals surface area (Å²) >= 11 is 0. The molecule has 0 amide bonds. The molecular weight excluding hydrogens is 354 g/mol. The van der Waals surface area contributed by atoms with E-state index in [1.54, 1.807) is 12.1 Å². The van der Waals surface area contributed by atoms with E-state index in [0.29, 0.717) is 29.0 Å². The van der Waals surface area contributed by atoms with E-state index in [0.717, 1.165) is 49.9 Å². The van der Waals surface area contributed by atoms with Crippen LogP contribution >= 0.6 is 0 Å². The Kier molecular flexibility index (Phi) is 5.36. The Morgan fingerprint density at radius 1 is 1.18 bits per heavy atom. The number of aliphatic hydroxyl groups is 1. The molecule has 1 N–H and O–H groups in total. The first-order chi connectivity index (χ1) is 13.6. The van der Waals surface area contributed by atoms with Crippen molar-refractivity contribution in [3.8, 4) is 23.3 Å². The standard InChI is InChI=1S/C22H27N3O3/c1-13(2)27-20-10-9-14(11-15(20)12-23)22-24-21(25-28-22)18-7-3-6-17-16(18)5-4-8-19(17)26/h9-11,13,16-19,26H,3-8H2,1-2H3/t16-,17+,18+,19+/m0/s1.